The smallest absolute Gasteiger partial charge is 0.344 e. The van der Waals surface area contributed by atoms with Crippen LogP contribution in [0.1, 0.15) is 27.9 Å². The van der Waals surface area contributed by atoms with Crippen LogP contribution in [0.4, 0.5) is 0 Å². The molecule has 5 nitrogen and oxygen atoms in total. The molecule has 0 unspecified atom stereocenters. The predicted octanol–water partition coefficient (Wildman–Crippen LogP) is 7.81. The summed E-state index contributed by atoms with van der Waals surface area (Å²) in [5.41, 5.74) is 3.48. The summed E-state index contributed by atoms with van der Waals surface area (Å²) in [4.78, 5) is 30.9. The van der Waals surface area contributed by atoms with Crippen LogP contribution in [0.2, 0.25) is 0 Å². The average Bonchev–Trinajstić information content (AvgIpc) is 2.90. The molecule has 0 aliphatic rings. The number of rotatable bonds is 7. The van der Waals surface area contributed by atoms with Crippen molar-refractivity contribution in [1.82, 2.24) is 4.98 Å². The zero-order chi connectivity index (χ0) is 25.8. The number of nitrogens with zero attached hydrogens (tertiary/aromatic N) is 1. The van der Waals surface area contributed by atoms with E-state index in [2.05, 4.69) is 31.9 Å². The summed E-state index contributed by atoms with van der Waals surface area (Å²) in [5.74, 6) is -0.319. The fraction of sp³-hybridized carbons (Fsp3) is 0.100. The van der Waals surface area contributed by atoms with E-state index in [0.717, 1.165) is 20.1 Å². The Hall–Kier alpha value is -3.55. The van der Waals surface area contributed by atoms with Crippen molar-refractivity contribution in [3.63, 3.8) is 0 Å². The molecule has 0 fully saturated rings. The van der Waals surface area contributed by atoms with Crippen molar-refractivity contribution in [2.45, 2.75) is 19.4 Å². The third-order valence-electron chi connectivity index (χ3n) is 5.88. The van der Waals surface area contributed by atoms with E-state index in [1.807, 2.05) is 78.9 Å². The summed E-state index contributed by atoms with van der Waals surface area (Å²) in [6.07, 6.45) is 0.587. The molecule has 1 aromatic heterocycles. The normalized spacial score (nSPS) is 11.0. The van der Waals surface area contributed by atoms with Gasteiger partial charge < -0.3 is 9.47 Å². The highest BCUT2D eigenvalue weighted by atomic mass is 79.9. The quantitative estimate of drug-likeness (QED) is 0.106. The zero-order valence-corrected chi connectivity index (χ0v) is 22.8. The van der Waals surface area contributed by atoms with Crippen LogP contribution in [0.3, 0.4) is 0 Å². The molecule has 0 bridgehead atoms. The van der Waals surface area contributed by atoms with Crippen LogP contribution >= 0.6 is 31.9 Å². The van der Waals surface area contributed by atoms with Gasteiger partial charge in [0.15, 0.2) is 0 Å². The van der Waals surface area contributed by atoms with Gasteiger partial charge in [-0.2, -0.15) is 0 Å². The molecule has 184 valence electrons. The molecule has 0 aliphatic carbocycles. The molecule has 0 saturated heterocycles. The van der Waals surface area contributed by atoms with Gasteiger partial charge >= 0.3 is 11.9 Å². The van der Waals surface area contributed by atoms with Crippen molar-refractivity contribution >= 4 is 65.6 Å². The minimum absolute atomic E-state index is 0.181. The molecule has 37 heavy (non-hydrogen) atoms. The first-order chi connectivity index (χ1) is 18.0. The SMILES string of the molecule is O=C(CCc1cc(Br)cc2c(C(=O)Oc3ccccc3)c3ccc(Br)cc3nc12)OCc1ccccc1. The van der Waals surface area contributed by atoms with Crippen LogP contribution in [0, 0.1) is 0 Å². The summed E-state index contributed by atoms with van der Waals surface area (Å²) in [6, 6.07) is 27.9. The Morgan fingerprint density at radius 3 is 2.27 bits per heavy atom. The first-order valence-corrected chi connectivity index (χ1v) is 13.2. The van der Waals surface area contributed by atoms with Crippen LogP contribution in [0.5, 0.6) is 5.75 Å². The van der Waals surface area contributed by atoms with Crippen LogP contribution in [-0.2, 0) is 22.6 Å². The number of ether oxygens (including phenoxy) is 2. The van der Waals surface area contributed by atoms with E-state index < -0.39 is 5.97 Å². The van der Waals surface area contributed by atoms with Crippen molar-refractivity contribution in [2.75, 3.05) is 0 Å². The zero-order valence-electron chi connectivity index (χ0n) is 19.6. The number of aryl methyl sites for hydroxylation is 1. The molecule has 7 heteroatoms. The minimum atomic E-state index is -0.475. The van der Waals surface area contributed by atoms with Crippen molar-refractivity contribution in [1.29, 1.82) is 0 Å². The molecular weight excluding hydrogens is 598 g/mol. The highest BCUT2D eigenvalue weighted by molar-refractivity contribution is 9.10. The van der Waals surface area contributed by atoms with Gasteiger partial charge in [-0.05, 0) is 53.9 Å². The molecule has 0 atom stereocenters. The molecule has 0 amide bonds. The van der Waals surface area contributed by atoms with Gasteiger partial charge in [0, 0.05) is 26.1 Å². The Kier molecular flexibility index (Phi) is 7.63. The highest BCUT2D eigenvalue weighted by Gasteiger charge is 2.21. The monoisotopic (exact) mass is 617 g/mol. The summed E-state index contributed by atoms with van der Waals surface area (Å²) in [7, 11) is 0. The van der Waals surface area contributed by atoms with Crippen LogP contribution in [0.15, 0.2) is 99.9 Å². The number of para-hydroxylation sites is 1. The second kappa shape index (κ2) is 11.2. The van der Waals surface area contributed by atoms with Gasteiger partial charge in [-0.15, -0.1) is 0 Å². The fourth-order valence-corrected chi connectivity index (χ4v) is 5.01. The molecule has 1 heterocycles. The number of pyridine rings is 1. The molecular formula is C30H21Br2NO4. The van der Waals surface area contributed by atoms with Gasteiger partial charge in [0.1, 0.15) is 12.4 Å². The lowest BCUT2D eigenvalue weighted by molar-refractivity contribution is -0.144. The second-order valence-electron chi connectivity index (χ2n) is 8.46. The van der Waals surface area contributed by atoms with Crippen molar-refractivity contribution in [3.05, 3.63) is 117 Å². The Balaban J connectivity index is 1.50. The van der Waals surface area contributed by atoms with E-state index >= 15 is 0 Å². The second-order valence-corrected chi connectivity index (χ2v) is 10.3. The molecule has 5 aromatic rings. The Bertz CT molecular complexity index is 1600. The number of esters is 2. The third-order valence-corrected chi connectivity index (χ3v) is 6.83. The largest absolute Gasteiger partial charge is 0.461 e. The van der Waals surface area contributed by atoms with Crippen molar-refractivity contribution in [3.8, 4) is 5.75 Å². The molecule has 5 rings (SSSR count). The summed E-state index contributed by atoms with van der Waals surface area (Å²) >= 11 is 7.08. The Morgan fingerprint density at radius 1 is 0.784 bits per heavy atom. The van der Waals surface area contributed by atoms with Crippen LogP contribution in [0.25, 0.3) is 21.8 Å². The van der Waals surface area contributed by atoms with Gasteiger partial charge in [0.05, 0.1) is 16.6 Å². The Labute approximate surface area is 230 Å². The van der Waals surface area contributed by atoms with E-state index in [9.17, 15) is 9.59 Å². The highest BCUT2D eigenvalue weighted by Crippen LogP contribution is 2.33. The first-order valence-electron chi connectivity index (χ1n) is 11.7. The third kappa shape index (κ3) is 5.89. The molecule has 0 spiro atoms. The van der Waals surface area contributed by atoms with Crippen LogP contribution < -0.4 is 4.74 Å². The summed E-state index contributed by atoms with van der Waals surface area (Å²) < 4.78 is 12.8. The van der Waals surface area contributed by atoms with E-state index in [1.165, 1.54) is 0 Å². The number of carbonyl (C=O) groups is 2. The number of carbonyl (C=O) groups excluding carboxylic acids is 2. The van der Waals surface area contributed by atoms with Crippen molar-refractivity contribution in [2.24, 2.45) is 0 Å². The number of aromatic nitrogens is 1. The lowest BCUT2D eigenvalue weighted by Crippen LogP contribution is -2.11. The topological polar surface area (TPSA) is 65.5 Å². The maximum atomic E-state index is 13.5. The summed E-state index contributed by atoms with van der Waals surface area (Å²) in [6.45, 7) is 0.227. The number of hydrogen-bond donors (Lipinski definition) is 0. The van der Waals surface area contributed by atoms with E-state index in [1.54, 1.807) is 12.1 Å². The number of halogens is 2. The van der Waals surface area contributed by atoms with Gasteiger partial charge in [-0.1, -0.05) is 86.5 Å². The summed E-state index contributed by atoms with van der Waals surface area (Å²) in [5, 5.41) is 1.33. The average molecular weight is 619 g/mol. The number of fused-ring (bicyclic) bond motifs is 2. The Morgan fingerprint density at radius 2 is 1.51 bits per heavy atom. The van der Waals surface area contributed by atoms with Gasteiger partial charge in [0.2, 0.25) is 0 Å². The first kappa shape index (κ1) is 25.1. The molecule has 0 radical (unpaired) electrons. The molecule has 4 aromatic carbocycles. The molecule has 0 N–H and O–H groups in total. The number of benzene rings is 4. The van der Waals surface area contributed by atoms with Gasteiger partial charge in [-0.25, -0.2) is 9.78 Å². The van der Waals surface area contributed by atoms with Gasteiger partial charge in [-0.3, -0.25) is 4.79 Å². The standard InChI is InChI=1S/C30H21Br2NO4/c31-21-12-13-24-26(17-21)33-29-20(11-14-27(34)36-18-19-7-3-1-4-8-19)15-22(32)16-25(29)28(24)30(35)37-23-9-5-2-6-10-23/h1-10,12-13,15-17H,11,14,18H2. The van der Waals surface area contributed by atoms with Gasteiger partial charge in [0.25, 0.3) is 0 Å². The lowest BCUT2D eigenvalue weighted by Gasteiger charge is -2.14. The molecule has 0 saturated carbocycles. The van der Waals surface area contributed by atoms with Crippen LogP contribution in [-0.4, -0.2) is 16.9 Å². The fourth-order valence-electron chi connectivity index (χ4n) is 4.16. The predicted molar refractivity (Wildman–Crippen MR) is 151 cm³/mol. The lowest BCUT2D eigenvalue weighted by atomic mass is 9.98. The van der Waals surface area contributed by atoms with Crippen molar-refractivity contribution < 1.29 is 19.1 Å². The number of hydrogen-bond acceptors (Lipinski definition) is 5. The van der Waals surface area contributed by atoms with E-state index in [4.69, 9.17) is 14.5 Å². The van der Waals surface area contributed by atoms with E-state index in [0.29, 0.717) is 39.5 Å². The minimum Gasteiger partial charge on any atom is -0.461 e. The maximum absolute atomic E-state index is 13.5. The maximum Gasteiger partial charge on any atom is 0.344 e. The van der Waals surface area contributed by atoms with E-state index in [-0.39, 0.29) is 19.0 Å². The molecule has 0 aliphatic heterocycles.